The van der Waals surface area contributed by atoms with Crippen molar-refractivity contribution < 1.29 is 33.8 Å². The summed E-state index contributed by atoms with van der Waals surface area (Å²) in [5.74, 6) is 1.15. The van der Waals surface area contributed by atoms with Crippen LogP contribution in [0.15, 0.2) is 84.9 Å². The maximum Gasteiger partial charge on any atom is 0.232 e. The molecular formula is C27H30O7. The van der Waals surface area contributed by atoms with Gasteiger partial charge in [0.15, 0.2) is 5.75 Å². The van der Waals surface area contributed by atoms with Gasteiger partial charge in [-0.1, -0.05) is 60.7 Å². The highest BCUT2D eigenvalue weighted by atomic mass is 17.2. The highest BCUT2D eigenvalue weighted by Crippen LogP contribution is 2.29. The Labute approximate surface area is 199 Å². The number of aliphatic hydroxyl groups excluding tert-OH is 1. The number of hydrogen-bond acceptors (Lipinski definition) is 7. The van der Waals surface area contributed by atoms with Crippen LogP contribution < -0.4 is 9.62 Å². The number of ether oxygens (including phenoxy) is 4. The normalized spacial score (nSPS) is 24.5. The average molecular weight is 467 g/mol. The summed E-state index contributed by atoms with van der Waals surface area (Å²) in [6, 6.07) is 26.5. The standard InChI is InChI=1S/C27H30O7/c1-19-25(30-17-20-9-5-3-6-10-20)26(31-18-21-11-7-4-8-12-21)24(28)27(32-19)34-33-23-15-13-22(29-2)14-16-23/h3-16,19,24-28H,17-18H2,1-2H3/t19-,24+,25-,26-,27-/m0/s1. The van der Waals surface area contributed by atoms with Gasteiger partial charge in [-0.2, -0.15) is 4.89 Å². The van der Waals surface area contributed by atoms with Gasteiger partial charge in [0.05, 0.1) is 26.4 Å². The summed E-state index contributed by atoms with van der Waals surface area (Å²) in [5.41, 5.74) is 2.01. The monoisotopic (exact) mass is 466 g/mol. The van der Waals surface area contributed by atoms with Crippen LogP contribution in [0.2, 0.25) is 0 Å². The van der Waals surface area contributed by atoms with Gasteiger partial charge in [-0.15, -0.1) is 0 Å². The topological polar surface area (TPSA) is 75.6 Å². The largest absolute Gasteiger partial charge is 0.497 e. The van der Waals surface area contributed by atoms with Crippen LogP contribution in [0.3, 0.4) is 0 Å². The first kappa shape index (κ1) is 24.2. The Kier molecular flexibility index (Phi) is 8.51. The fourth-order valence-electron chi connectivity index (χ4n) is 3.76. The van der Waals surface area contributed by atoms with Crippen molar-refractivity contribution in [3.8, 4) is 11.5 Å². The van der Waals surface area contributed by atoms with E-state index in [2.05, 4.69) is 0 Å². The Hall–Kier alpha value is -2.94. The van der Waals surface area contributed by atoms with Crippen LogP contribution in [-0.4, -0.2) is 42.9 Å². The molecule has 0 radical (unpaired) electrons. The lowest BCUT2D eigenvalue weighted by Gasteiger charge is -2.42. The second-order valence-corrected chi connectivity index (χ2v) is 8.08. The molecule has 0 spiro atoms. The number of rotatable bonds is 10. The average Bonchev–Trinajstić information content (AvgIpc) is 2.89. The van der Waals surface area contributed by atoms with E-state index in [-0.39, 0.29) is 0 Å². The molecule has 1 saturated heterocycles. The molecule has 5 atom stereocenters. The van der Waals surface area contributed by atoms with Gasteiger partial charge in [0.25, 0.3) is 0 Å². The minimum atomic E-state index is -1.14. The Bertz CT molecular complexity index is 981. The summed E-state index contributed by atoms with van der Waals surface area (Å²) in [6.45, 7) is 2.54. The van der Waals surface area contributed by atoms with E-state index in [1.54, 1.807) is 31.4 Å². The van der Waals surface area contributed by atoms with Gasteiger partial charge in [-0.3, -0.25) is 0 Å². The van der Waals surface area contributed by atoms with Crippen LogP contribution in [0.4, 0.5) is 0 Å². The molecule has 180 valence electrons. The van der Waals surface area contributed by atoms with Crippen molar-refractivity contribution in [1.82, 2.24) is 0 Å². The number of benzene rings is 3. The Morgan fingerprint density at radius 1 is 0.735 bits per heavy atom. The Morgan fingerprint density at radius 3 is 1.82 bits per heavy atom. The third-order valence-electron chi connectivity index (χ3n) is 5.62. The van der Waals surface area contributed by atoms with Crippen LogP contribution in [0.5, 0.6) is 11.5 Å². The molecule has 0 aliphatic carbocycles. The molecular weight excluding hydrogens is 436 g/mol. The second kappa shape index (κ2) is 12.0. The Morgan fingerprint density at radius 2 is 1.26 bits per heavy atom. The third-order valence-corrected chi connectivity index (χ3v) is 5.62. The van der Waals surface area contributed by atoms with Crippen LogP contribution >= 0.6 is 0 Å². The molecule has 3 aromatic carbocycles. The van der Waals surface area contributed by atoms with Gasteiger partial charge < -0.3 is 28.9 Å². The molecule has 0 aromatic heterocycles. The van der Waals surface area contributed by atoms with Gasteiger partial charge in [0.1, 0.15) is 24.1 Å². The van der Waals surface area contributed by atoms with Crippen molar-refractivity contribution in [2.75, 3.05) is 7.11 Å². The number of hydrogen-bond donors (Lipinski definition) is 1. The van der Waals surface area contributed by atoms with E-state index in [1.807, 2.05) is 67.6 Å². The zero-order valence-electron chi connectivity index (χ0n) is 19.3. The van der Waals surface area contributed by atoms with Gasteiger partial charge in [-0.25, -0.2) is 0 Å². The van der Waals surface area contributed by atoms with Crippen LogP contribution in [-0.2, 0) is 32.3 Å². The molecule has 34 heavy (non-hydrogen) atoms. The Balaban J connectivity index is 1.44. The highest BCUT2D eigenvalue weighted by molar-refractivity contribution is 5.30. The van der Waals surface area contributed by atoms with Crippen molar-refractivity contribution in [2.45, 2.75) is 50.8 Å². The van der Waals surface area contributed by atoms with Gasteiger partial charge in [0.2, 0.25) is 6.29 Å². The zero-order valence-corrected chi connectivity index (χ0v) is 19.3. The van der Waals surface area contributed by atoms with Gasteiger partial charge >= 0.3 is 0 Å². The predicted octanol–water partition coefficient (Wildman–Crippen LogP) is 4.28. The van der Waals surface area contributed by atoms with Crippen molar-refractivity contribution in [3.05, 3.63) is 96.1 Å². The SMILES string of the molecule is COc1ccc(OO[C@@H]2O[C@@H](C)[C@H](OCc3ccccc3)[C@@H](OCc3ccccc3)[C@H]2O)cc1. The molecule has 1 aliphatic rings. The lowest BCUT2D eigenvalue weighted by molar-refractivity contribution is -0.389. The zero-order chi connectivity index (χ0) is 23.8. The molecule has 0 bridgehead atoms. The van der Waals surface area contributed by atoms with Crippen molar-refractivity contribution >= 4 is 0 Å². The molecule has 0 amide bonds. The van der Waals surface area contributed by atoms with Gasteiger partial charge in [-0.05, 0) is 42.3 Å². The van der Waals surface area contributed by atoms with E-state index in [1.165, 1.54) is 0 Å². The van der Waals surface area contributed by atoms with Crippen molar-refractivity contribution in [3.63, 3.8) is 0 Å². The van der Waals surface area contributed by atoms with E-state index < -0.39 is 30.7 Å². The molecule has 1 aliphatic heterocycles. The highest BCUT2D eigenvalue weighted by Gasteiger charge is 2.46. The van der Waals surface area contributed by atoms with Crippen LogP contribution in [0, 0.1) is 0 Å². The molecule has 0 unspecified atom stereocenters. The molecule has 3 aromatic rings. The van der Waals surface area contributed by atoms with E-state index in [0.717, 1.165) is 11.1 Å². The first-order valence-electron chi connectivity index (χ1n) is 11.3. The summed E-state index contributed by atoms with van der Waals surface area (Å²) >= 11 is 0. The molecule has 7 heteroatoms. The summed E-state index contributed by atoms with van der Waals surface area (Å²) in [5, 5.41) is 11.1. The first-order valence-corrected chi connectivity index (χ1v) is 11.3. The van der Waals surface area contributed by atoms with E-state index in [4.69, 9.17) is 28.7 Å². The molecule has 1 fully saturated rings. The second-order valence-electron chi connectivity index (χ2n) is 8.08. The van der Waals surface area contributed by atoms with Gasteiger partial charge in [0, 0.05) is 0 Å². The summed E-state index contributed by atoms with van der Waals surface area (Å²) in [6.07, 6.45) is -3.83. The van der Waals surface area contributed by atoms with E-state index in [0.29, 0.717) is 24.7 Å². The number of methoxy groups -OCH3 is 1. The number of aliphatic hydroxyl groups is 1. The minimum absolute atomic E-state index is 0.312. The van der Waals surface area contributed by atoms with Crippen LogP contribution in [0.1, 0.15) is 18.1 Å². The van der Waals surface area contributed by atoms with Crippen molar-refractivity contribution in [2.24, 2.45) is 0 Å². The maximum atomic E-state index is 11.1. The first-order chi connectivity index (χ1) is 16.6. The fourth-order valence-corrected chi connectivity index (χ4v) is 3.76. The summed E-state index contributed by atoms with van der Waals surface area (Å²) < 4.78 is 23.4. The molecule has 4 rings (SSSR count). The fraction of sp³-hybridized carbons (Fsp3) is 0.333. The molecule has 7 nitrogen and oxygen atoms in total. The maximum absolute atomic E-state index is 11.1. The molecule has 1 N–H and O–H groups in total. The molecule has 0 saturated carbocycles. The smallest absolute Gasteiger partial charge is 0.232 e. The predicted molar refractivity (Wildman–Crippen MR) is 125 cm³/mol. The minimum Gasteiger partial charge on any atom is -0.497 e. The van der Waals surface area contributed by atoms with E-state index in [9.17, 15) is 5.11 Å². The quantitative estimate of drug-likeness (QED) is 0.353. The lowest BCUT2D eigenvalue weighted by atomic mass is 9.99. The lowest BCUT2D eigenvalue weighted by Crippen LogP contribution is -2.59. The van der Waals surface area contributed by atoms with Crippen molar-refractivity contribution in [1.29, 1.82) is 0 Å². The van der Waals surface area contributed by atoms with E-state index >= 15 is 0 Å². The van der Waals surface area contributed by atoms with Crippen LogP contribution in [0.25, 0.3) is 0 Å². The third kappa shape index (κ3) is 6.34. The summed E-state index contributed by atoms with van der Waals surface area (Å²) in [7, 11) is 1.59. The molecule has 1 heterocycles. The summed E-state index contributed by atoms with van der Waals surface area (Å²) in [4.78, 5) is 10.9.